The second-order valence-electron chi connectivity index (χ2n) is 4.73. The highest BCUT2D eigenvalue weighted by molar-refractivity contribution is 6.31. The highest BCUT2D eigenvalue weighted by atomic mass is 35.5. The fourth-order valence-corrected chi connectivity index (χ4v) is 2.63. The van der Waals surface area contributed by atoms with Crippen LogP contribution in [0, 0.1) is 6.92 Å². The zero-order valence-electron chi connectivity index (χ0n) is 11.5. The minimum atomic E-state index is -0.0967. The second-order valence-corrected chi connectivity index (χ2v) is 5.11. The number of nitrogens with two attached hydrogens (primary N) is 1. The molecule has 0 aliphatic heterocycles. The van der Waals surface area contributed by atoms with Crippen molar-refractivity contribution in [3.63, 3.8) is 0 Å². The molecule has 0 amide bonds. The molecule has 0 bridgehead atoms. The number of aromatic nitrogens is 3. The number of pyridine rings is 1. The van der Waals surface area contributed by atoms with Crippen molar-refractivity contribution in [3.8, 4) is 0 Å². The topological polar surface area (TPSA) is 56.7 Å². The van der Waals surface area contributed by atoms with Crippen LogP contribution < -0.4 is 5.73 Å². The molecular formula is C14H19ClN4. The molecule has 0 aliphatic rings. The minimum absolute atomic E-state index is 0.0967. The Morgan fingerprint density at radius 1 is 1.47 bits per heavy atom. The first kappa shape index (κ1) is 14.0. The Balaban J connectivity index is 2.27. The molecule has 0 saturated heterocycles. The van der Waals surface area contributed by atoms with E-state index < -0.39 is 0 Å². The molecule has 1 atom stereocenters. The molecule has 1 unspecified atom stereocenters. The van der Waals surface area contributed by atoms with E-state index in [0.717, 1.165) is 34.0 Å². The first-order valence-corrected chi connectivity index (χ1v) is 6.78. The van der Waals surface area contributed by atoms with Gasteiger partial charge in [-0.15, -0.1) is 0 Å². The molecule has 2 rings (SSSR count). The number of nitrogens with zero attached hydrogens (tertiary/aromatic N) is 3. The van der Waals surface area contributed by atoms with Crippen molar-refractivity contribution in [2.45, 2.75) is 32.7 Å². The Kier molecular flexibility index (Phi) is 4.22. The molecule has 0 aliphatic carbocycles. The number of hydrogen-bond acceptors (Lipinski definition) is 3. The maximum absolute atomic E-state index is 6.35. The fraction of sp³-hybridized carbons (Fsp3) is 0.429. The summed E-state index contributed by atoms with van der Waals surface area (Å²) in [4.78, 5) is 4.09. The van der Waals surface area contributed by atoms with Crippen molar-refractivity contribution in [2.24, 2.45) is 12.8 Å². The average Bonchev–Trinajstić information content (AvgIpc) is 2.66. The molecule has 2 aromatic heterocycles. The Bertz CT molecular complexity index is 577. The van der Waals surface area contributed by atoms with Crippen molar-refractivity contribution in [3.05, 3.63) is 46.0 Å². The van der Waals surface area contributed by atoms with Crippen LogP contribution in [0.25, 0.3) is 0 Å². The number of aryl methyl sites for hydroxylation is 3. The molecule has 4 nitrogen and oxygen atoms in total. The summed E-state index contributed by atoms with van der Waals surface area (Å²) in [6, 6.07) is 1.87. The van der Waals surface area contributed by atoms with Crippen LogP contribution in [0.2, 0.25) is 5.02 Å². The van der Waals surface area contributed by atoms with Crippen molar-refractivity contribution in [2.75, 3.05) is 0 Å². The van der Waals surface area contributed by atoms with E-state index in [-0.39, 0.29) is 6.04 Å². The molecule has 0 aromatic carbocycles. The van der Waals surface area contributed by atoms with E-state index in [9.17, 15) is 0 Å². The van der Waals surface area contributed by atoms with Gasteiger partial charge in [-0.3, -0.25) is 9.67 Å². The molecule has 102 valence electrons. The standard InChI is InChI=1S/C14H19ClN4/c1-4-12-14(15)13(19(3)18-12)7-11(16)10-5-6-17-8-9(10)2/h5-6,8,11H,4,7,16H2,1-3H3. The number of hydrogen-bond donors (Lipinski definition) is 1. The summed E-state index contributed by atoms with van der Waals surface area (Å²) in [5.74, 6) is 0. The van der Waals surface area contributed by atoms with Crippen LogP contribution in [0.1, 0.15) is 35.5 Å². The summed E-state index contributed by atoms with van der Waals surface area (Å²) in [7, 11) is 1.91. The van der Waals surface area contributed by atoms with E-state index in [1.807, 2.05) is 37.8 Å². The Hall–Kier alpha value is -1.39. The van der Waals surface area contributed by atoms with Gasteiger partial charge in [-0.2, -0.15) is 5.10 Å². The first-order chi connectivity index (χ1) is 9.04. The summed E-state index contributed by atoms with van der Waals surface area (Å²) in [6.07, 6.45) is 5.10. The monoisotopic (exact) mass is 278 g/mol. The van der Waals surface area contributed by atoms with E-state index in [2.05, 4.69) is 10.1 Å². The molecule has 0 radical (unpaired) electrons. The lowest BCUT2D eigenvalue weighted by Gasteiger charge is -2.14. The lowest BCUT2D eigenvalue weighted by molar-refractivity contribution is 0.635. The van der Waals surface area contributed by atoms with Gasteiger partial charge < -0.3 is 5.73 Å². The molecule has 19 heavy (non-hydrogen) atoms. The van der Waals surface area contributed by atoms with Gasteiger partial charge in [0, 0.05) is 31.9 Å². The summed E-state index contributed by atoms with van der Waals surface area (Å²) in [6.45, 7) is 4.06. The van der Waals surface area contributed by atoms with Gasteiger partial charge >= 0.3 is 0 Å². The Morgan fingerprint density at radius 2 is 2.21 bits per heavy atom. The van der Waals surface area contributed by atoms with Crippen LogP contribution in [0.5, 0.6) is 0 Å². The first-order valence-electron chi connectivity index (χ1n) is 6.40. The summed E-state index contributed by atoms with van der Waals surface area (Å²) in [5.41, 5.74) is 10.4. The molecule has 2 N–H and O–H groups in total. The van der Waals surface area contributed by atoms with Gasteiger partial charge in [0.15, 0.2) is 0 Å². The van der Waals surface area contributed by atoms with E-state index in [4.69, 9.17) is 17.3 Å². The molecule has 2 heterocycles. The number of halogens is 1. The van der Waals surface area contributed by atoms with Crippen LogP contribution in [0.15, 0.2) is 18.5 Å². The molecule has 0 fully saturated rings. The summed E-state index contributed by atoms with van der Waals surface area (Å²) in [5, 5.41) is 5.16. The van der Waals surface area contributed by atoms with E-state index >= 15 is 0 Å². The van der Waals surface area contributed by atoms with Gasteiger partial charge in [-0.25, -0.2) is 0 Å². The van der Waals surface area contributed by atoms with E-state index in [0.29, 0.717) is 6.42 Å². The van der Waals surface area contributed by atoms with Gasteiger partial charge in [0.1, 0.15) is 0 Å². The highest BCUT2D eigenvalue weighted by Crippen LogP contribution is 2.26. The van der Waals surface area contributed by atoms with Crippen LogP contribution in [0.3, 0.4) is 0 Å². The highest BCUT2D eigenvalue weighted by Gasteiger charge is 2.17. The third-order valence-corrected chi connectivity index (χ3v) is 3.82. The normalized spacial score (nSPS) is 12.7. The van der Waals surface area contributed by atoms with Gasteiger partial charge in [-0.05, 0) is 30.5 Å². The third kappa shape index (κ3) is 2.80. The zero-order valence-corrected chi connectivity index (χ0v) is 12.3. The Labute approximate surface area is 118 Å². The lowest BCUT2D eigenvalue weighted by atomic mass is 10.00. The SMILES string of the molecule is CCc1nn(C)c(CC(N)c2ccncc2C)c1Cl. The molecule has 0 spiro atoms. The number of rotatable bonds is 4. The minimum Gasteiger partial charge on any atom is -0.324 e. The molecule has 0 saturated carbocycles. The van der Waals surface area contributed by atoms with E-state index in [1.54, 1.807) is 6.20 Å². The third-order valence-electron chi connectivity index (χ3n) is 3.38. The quantitative estimate of drug-likeness (QED) is 0.935. The predicted octanol–water partition coefficient (Wildman–Crippen LogP) is 2.58. The van der Waals surface area contributed by atoms with Crippen LogP contribution >= 0.6 is 11.6 Å². The zero-order chi connectivity index (χ0) is 14.0. The molecule has 2 aromatic rings. The van der Waals surface area contributed by atoms with Gasteiger partial charge in [0.05, 0.1) is 16.4 Å². The van der Waals surface area contributed by atoms with Crippen molar-refractivity contribution < 1.29 is 0 Å². The summed E-state index contributed by atoms with van der Waals surface area (Å²) >= 11 is 6.35. The van der Waals surface area contributed by atoms with Gasteiger partial charge in [0.25, 0.3) is 0 Å². The molecule has 5 heteroatoms. The molecular weight excluding hydrogens is 260 g/mol. The van der Waals surface area contributed by atoms with Crippen molar-refractivity contribution in [1.82, 2.24) is 14.8 Å². The van der Waals surface area contributed by atoms with Crippen LogP contribution in [0.4, 0.5) is 0 Å². The van der Waals surface area contributed by atoms with Crippen LogP contribution in [-0.2, 0) is 19.9 Å². The van der Waals surface area contributed by atoms with E-state index in [1.165, 1.54) is 0 Å². The summed E-state index contributed by atoms with van der Waals surface area (Å²) < 4.78 is 1.83. The average molecular weight is 279 g/mol. The Morgan fingerprint density at radius 3 is 2.79 bits per heavy atom. The van der Waals surface area contributed by atoms with Gasteiger partial charge in [0.2, 0.25) is 0 Å². The lowest BCUT2D eigenvalue weighted by Crippen LogP contribution is -2.16. The van der Waals surface area contributed by atoms with Crippen molar-refractivity contribution >= 4 is 11.6 Å². The maximum atomic E-state index is 6.35. The second kappa shape index (κ2) is 5.72. The largest absolute Gasteiger partial charge is 0.324 e. The fourth-order valence-electron chi connectivity index (χ4n) is 2.26. The van der Waals surface area contributed by atoms with Crippen molar-refractivity contribution in [1.29, 1.82) is 0 Å². The smallest absolute Gasteiger partial charge is 0.0850 e. The van der Waals surface area contributed by atoms with Crippen LogP contribution in [-0.4, -0.2) is 14.8 Å². The maximum Gasteiger partial charge on any atom is 0.0850 e. The van der Waals surface area contributed by atoms with Gasteiger partial charge in [-0.1, -0.05) is 18.5 Å². The predicted molar refractivity (Wildman–Crippen MR) is 77.2 cm³/mol.